The summed E-state index contributed by atoms with van der Waals surface area (Å²) in [7, 11) is 0. The number of nitrogens with zero attached hydrogens (tertiary/aromatic N) is 2. The van der Waals surface area contributed by atoms with Gasteiger partial charge >= 0.3 is 5.97 Å². The van der Waals surface area contributed by atoms with E-state index in [4.69, 9.17) is 5.73 Å². The van der Waals surface area contributed by atoms with Crippen LogP contribution < -0.4 is 5.73 Å². The van der Waals surface area contributed by atoms with Gasteiger partial charge in [0.05, 0.1) is 6.20 Å². The van der Waals surface area contributed by atoms with Crippen LogP contribution in [-0.2, 0) is 4.79 Å². The number of amidine groups is 1. The Bertz CT molecular complexity index is 569. The van der Waals surface area contributed by atoms with E-state index in [0.717, 1.165) is 12.3 Å². The molecule has 2 atom stereocenters. The summed E-state index contributed by atoms with van der Waals surface area (Å²) in [5.74, 6) is -0.147. The first-order valence-electron chi connectivity index (χ1n) is 12.8. The summed E-state index contributed by atoms with van der Waals surface area (Å²) in [5.41, 5.74) is 6.08. The van der Waals surface area contributed by atoms with Gasteiger partial charge in [0, 0.05) is 13.0 Å². The summed E-state index contributed by atoms with van der Waals surface area (Å²) in [6.07, 6.45) is 28.8. The number of hydrogen-bond donors (Lipinski definition) is 2. The number of carboxylic acids is 1. The Balaban J connectivity index is 2.01. The molecular weight excluding hydrogens is 386 g/mol. The Morgan fingerprint density at radius 2 is 1.45 bits per heavy atom. The van der Waals surface area contributed by atoms with Crippen LogP contribution in [0.1, 0.15) is 117 Å². The number of hydrogen-bond acceptors (Lipinski definition) is 3. The summed E-state index contributed by atoms with van der Waals surface area (Å²) in [4.78, 5) is 15.6. The van der Waals surface area contributed by atoms with Crippen LogP contribution in [0.2, 0.25) is 0 Å². The number of unbranched alkanes of at least 4 members (excludes halogenated alkanes) is 15. The second-order valence-corrected chi connectivity index (χ2v) is 9.15. The molecule has 0 saturated heterocycles. The van der Waals surface area contributed by atoms with Crippen molar-refractivity contribution < 1.29 is 14.4 Å². The van der Waals surface area contributed by atoms with Crippen molar-refractivity contribution in [3.63, 3.8) is 0 Å². The fraction of sp³-hybridized carbons (Fsp3) is 0.769. The van der Waals surface area contributed by atoms with Crippen molar-refractivity contribution in [3.8, 4) is 0 Å². The molecule has 1 aliphatic rings. The lowest BCUT2D eigenvalue weighted by molar-refractivity contribution is -0.803. The zero-order valence-electron chi connectivity index (χ0n) is 20.2. The first-order valence-corrected chi connectivity index (χ1v) is 12.8. The minimum Gasteiger partial charge on any atom is -0.477 e. The molecule has 0 saturated carbocycles. The Morgan fingerprint density at radius 3 is 1.90 bits per heavy atom. The predicted molar refractivity (Wildman–Crippen MR) is 132 cm³/mol. The van der Waals surface area contributed by atoms with Gasteiger partial charge in [-0.15, -0.1) is 0 Å². The molecule has 3 N–H and O–H groups in total. The monoisotopic (exact) mass is 434 g/mol. The third kappa shape index (κ3) is 11.6. The van der Waals surface area contributed by atoms with Gasteiger partial charge in [-0.3, -0.25) is 5.73 Å². The molecule has 2 unspecified atom stereocenters. The molecule has 31 heavy (non-hydrogen) atoms. The number of rotatable bonds is 20. The Kier molecular flexibility index (Phi) is 15.2. The van der Waals surface area contributed by atoms with Crippen molar-refractivity contribution in [2.24, 2.45) is 10.7 Å². The van der Waals surface area contributed by atoms with E-state index >= 15 is 0 Å². The molecule has 1 rings (SSSR count). The average molecular weight is 435 g/mol. The van der Waals surface area contributed by atoms with Crippen LogP contribution >= 0.6 is 0 Å². The summed E-state index contributed by atoms with van der Waals surface area (Å²) in [6, 6.07) is 0. The predicted octanol–water partition coefficient (Wildman–Crippen LogP) is 6.89. The SMILES string of the molecule is CCCCCCCCCCCCCCCCC/C=C/C1=NC=C[N+]1(CC(=O)O)C(C)N. The minimum atomic E-state index is -0.868. The third-order valence-corrected chi connectivity index (χ3v) is 6.33. The van der Waals surface area contributed by atoms with Crippen molar-refractivity contribution >= 4 is 11.8 Å². The Labute approximate surface area is 191 Å². The van der Waals surface area contributed by atoms with Gasteiger partial charge < -0.3 is 5.11 Å². The molecule has 0 aromatic heterocycles. The largest absolute Gasteiger partial charge is 0.477 e. The lowest BCUT2D eigenvalue weighted by atomic mass is 10.0. The summed E-state index contributed by atoms with van der Waals surface area (Å²) in [6.45, 7) is 4.03. The number of aliphatic carboxylic acids is 1. The maximum Gasteiger partial charge on any atom is 0.360 e. The minimum absolute atomic E-state index is 0.0731. The molecule has 0 radical (unpaired) electrons. The van der Waals surface area contributed by atoms with Crippen molar-refractivity contribution in [3.05, 3.63) is 24.6 Å². The second-order valence-electron chi connectivity index (χ2n) is 9.15. The van der Waals surface area contributed by atoms with E-state index in [1.807, 2.05) is 13.0 Å². The summed E-state index contributed by atoms with van der Waals surface area (Å²) < 4.78 is 0.0880. The first-order chi connectivity index (χ1) is 15.0. The number of nitrogens with two attached hydrogens (primary N) is 1. The van der Waals surface area contributed by atoms with Gasteiger partial charge in [0.15, 0.2) is 6.54 Å². The van der Waals surface area contributed by atoms with Crippen molar-refractivity contribution in [2.45, 2.75) is 123 Å². The van der Waals surface area contributed by atoms with E-state index in [9.17, 15) is 9.90 Å². The van der Waals surface area contributed by atoms with Gasteiger partial charge in [0.2, 0.25) is 5.84 Å². The molecule has 5 nitrogen and oxygen atoms in total. The number of carbonyl (C=O) groups is 1. The highest BCUT2D eigenvalue weighted by molar-refractivity contribution is 5.90. The fourth-order valence-corrected chi connectivity index (χ4v) is 4.26. The normalized spacial score (nSPS) is 19.3. The molecule has 0 bridgehead atoms. The molecule has 0 aromatic rings. The lowest BCUT2D eigenvalue weighted by Crippen LogP contribution is -2.58. The fourth-order valence-electron chi connectivity index (χ4n) is 4.26. The van der Waals surface area contributed by atoms with Gasteiger partial charge in [-0.2, -0.15) is 4.99 Å². The Hall–Kier alpha value is -1.46. The van der Waals surface area contributed by atoms with Gasteiger partial charge in [-0.05, 0) is 12.8 Å². The summed E-state index contributed by atoms with van der Waals surface area (Å²) >= 11 is 0. The average Bonchev–Trinajstić information content (AvgIpc) is 3.13. The van der Waals surface area contributed by atoms with Gasteiger partial charge in [-0.1, -0.05) is 103 Å². The molecule has 178 valence electrons. The molecule has 0 aromatic carbocycles. The van der Waals surface area contributed by atoms with Crippen molar-refractivity contribution in [1.29, 1.82) is 0 Å². The Morgan fingerprint density at radius 1 is 0.968 bits per heavy atom. The van der Waals surface area contributed by atoms with Crippen LogP contribution in [0, 0.1) is 0 Å². The molecule has 0 spiro atoms. The van der Waals surface area contributed by atoms with E-state index in [1.54, 1.807) is 12.4 Å². The maximum atomic E-state index is 11.3. The number of aliphatic imine (C=N–C) groups is 1. The molecule has 1 aliphatic heterocycles. The smallest absolute Gasteiger partial charge is 0.360 e. The van der Waals surface area contributed by atoms with E-state index < -0.39 is 5.97 Å². The van der Waals surface area contributed by atoms with Gasteiger partial charge in [0.1, 0.15) is 12.4 Å². The van der Waals surface area contributed by atoms with Crippen LogP contribution in [0.4, 0.5) is 0 Å². The lowest BCUT2D eigenvalue weighted by Gasteiger charge is -2.33. The van der Waals surface area contributed by atoms with Crippen molar-refractivity contribution in [2.75, 3.05) is 6.54 Å². The second kappa shape index (κ2) is 17.1. The molecule has 0 amide bonds. The van der Waals surface area contributed by atoms with E-state index in [2.05, 4.69) is 18.0 Å². The molecule has 5 heteroatoms. The highest BCUT2D eigenvalue weighted by atomic mass is 16.4. The first kappa shape index (κ1) is 27.6. The van der Waals surface area contributed by atoms with Crippen LogP contribution in [0.25, 0.3) is 0 Å². The maximum absolute atomic E-state index is 11.3. The molecule has 0 aliphatic carbocycles. The van der Waals surface area contributed by atoms with Gasteiger partial charge in [0.25, 0.3) is 0 Å². The van der Waals surface area contributed by atoms with Crippen LogP contribution in [0.15, 0.2) is 29.5 Å². The number of carboxylic acid groups (broad SMARTS) is 1. The van der Waals surface area contributed by atoms with Gasteiger partial charge in [-0.25, -0.2) is 9.28 Å². The van der Waals surface area contributed by atoms with Crippen LogP contribution in [0.5, 0.6) is 0 Å². The molecule has 0 fully saturated rings. The molecular formula is C26H48N3O2+. The van der Waals surface area contributed by atoms with Crippen molar-refractivity contribution in [1.82, 2.24) is 0 Å². The van der Waals surface area contributed by atoms with Crippen LogP contribution in [-0.4, -0.2) is 34.1 Å². The van der Waals surface area contributed by atoms with E-state index in [1.165, 1.54) is 96.3 Å². The van der Waals surface area contributed by atoms with E-state index in [0.29, 0.717) is 0 Å². The molecule has 1 heterocycles. The third-order valence-electron chi connectivity index (χ3n) is 6.33. The summed E-state index contributed by atoms with van der Waals surface area (Å²) in [5, 5.41) is 9.24. The topological polar surface area (TPSA) is 75.7 Å². The van der Waals surface area contributed by atoms with E-state index in [-0.39, 0.29) is 17.2 Å². The quantitative estimate of drug-likeness (QED) is 0.162. The van der Waals surface area contributed by atoms with Crippen LogP contribution in [0.3, 0.4) is 0 Å². The zero-order chi connectivity index (χ0) is 22.8. The number of allylic oxidation sites excluding steroid dienone is 1. The standard InChI is InChI=1S/C26H47N3O2/c1-3-4-5-6-7-8-9-10-11-12-13-14-15-16-17-18-19-20-25-28-21-22-29(25,24(2)27)23-26(30)31/h19-22,24H,3-18,23,27H2,1-2H3/p+1/b20-19+. The number of quaternary nitrogens is 1. The zero-order valence-corrected chi connectivity index (χ0v) is 20.2. The highest BCUT2D eigenvalue weighted by Crippen LogP contribution is 2.21. The highest BCUT2D eigenvalue weighted by Gasteiger charge is 2.39.